The van der Waals surface area contributed by atoms with Crippen LogP contribution >= 0.6 is 0 Å². The van der Waals surface area contributed by atoms with Gasteiger partial charge in [0.05, 0.1) is 6.61 Å². The predicted molar refractivity (Wildman–Crippen MR) is 161 cm³/mol. The van der Waals surface area contributed by atoms with Crippen molar-refractivity contribution in [2.75, 3.05) is 6.61 Å². The van der Waals surface area contributed by atoms with Crippen molar-refractivity contribution in [2.45, 2.75) is 135 Å². The molecule has 2 unspecified atom stereocenters. The minimum absolute atomic E-state index is 0.00727. The molecule has 2 atom stereocenters. The molecule has 0 saturated carbocycles. The minimum Gasteiger partial charge on any atom is -0.393 e. The zero-order valence-electron chi connectivity index (χ0n) is 26.0. The van der Waals surface area contributed by atoms with Gasteiger partial charge in [0.15, 0.2) is 0 Å². The third kappa shape index (κ3) is 8.14. The van der Waals surface area contributed by atoms with E-state index in [0.29, 0.717) is 0 Å². The van der Waals surface area contributed by atoms with Crippen LogP contribution in [0.4, 0.5) is 0 Å². The maximum absolute atomic E-state index is 9.70. The summed E-state index contributed by atoms with van der Waals surface area (Å²) < 4.78 is 0. The Morgan fingerprint density at radius 1 is 0.615 bits per heavy atom. The molecule has 2 heterocycles. The van der Waals surface area contributed by atoms with E-state index in [1.54, 1.807) is 0 Å². The van der Waals surface area contributed by atoms with E-state index < -0.39 is 0 Å². The lowest BCUT2D eigenvalue weighted by molar-refractivity contribution is -0.311. The summed E-state index contributed by atoms with van der Waals surface area (Å²) in [6.07, 6.45) is 6.91. The molecule has 2 aliphatic rings. The molecule has 2 aromatic carbocycles. The van der Waals surface area contributed by atoms with Crippen molar-refractivity contribution in [3.8, 4) is 0 Å². The van der Waals surface area contributed by atoms with Gasteiger partial charge in [-0.3, -0.25) is 9.68 Å². The molecule has 0 aliphatic carbocycles. The summed E-state index contributed by atoms with van der Waals surface area (Å²) in [7, 11) is 0. The van der Waals surface area contributed by atoms with E-state index in [0.717, 1.165) is 18.4 Å². The molecule has 39 heavy (non-hydrogen) atoms. The van der Waals surface area contributed by atoms with Gasteiger partial charge in [0.25, 0.3) is 0 Å². The van der Waals surface area contributed by atoms with Crippen molar-refractivity contribution in [2.24, 2.45) is 0 Å². The van der Waals surface area contributed by atoms with Crippen molar-refractivity contribution < 1.29 is 14.8 Å². The number of hydrogen-bond donors (Lipinski definition) is 1. The minimum atomic E-state index is -0.298. The number of aliphatic hydroxyl groups is 1. The largest absolute Gasteiger partial charge is 0.393 e. The fraction of sp³-hybridized carbons (Fsp3) is 0.647. The second-order valence-corrected chi connectivity index (χ2v) is 13.9. The first-order valence-corrected chi connectivity index (χ1v) is 14.8. The van der Waals surface area contributed by atoms with Gasteiger partial charge < -0.3 is 5.11 Å². The Balaban J connectivity index is 0.000000216. The van der Waals surface area contributed by atoms with Crippen molar-refractivity contribution in [1.29, 1.82) is 0 Å². The number of aliphatic hydroxyl groups excluding tert-OH is 1. The van der Waals surface area contributed by atoms with Crippen LogP contribution in [0.2, 0.25) is 0 Å². The fourth-order valence-corrected chi connectivity index (χ4v) is 6.46. The van der Waals surface area contributed by atoms with Crippen molar-refractivity contribution in [3.63, 3.8) is 0 Å². The van der Waals surface area contributed by atoms with Crippen LogP contribution in [0.5, 0.6) is 0 Å². The summed E-state index contributed by atoms with van der Waals surface area (Å²) in [6, 6.07) is 20.4. The second kappa shape index (κ2) is 12.8. The van der Waals surface area contributed by atoms with Crippen molar-refractivity contribution >= 4 is 0 Å². The van der Waals surface area contributed by atoms with Gasteiger partial charge in [0.1, 0.15) is 12.2 Å². The molecule has 5 heteroatoms. The summed E-state index contributed by atoms with van der Waals surface area (Å²) in [5.74, 6) is 0. The molecule has 0 bridgehead atoms. The van der Waals surface area contributed by atoms with Crippen LogP contribution < -0.4 is 0 Å². The first-order valence-electron chi connectivity index (χ1n) is 14.8. The van der Waals surface area contributed by atoms with Crippen LogP contribution in [0.25, 0.3) is 0 Å². The van der Waals surface area contributed by atoms with Gasteiger partial charge in [-0.15, -0.1) is 0 Å². The van der Waals surface area contributed by atoms with Gasteiger partial charge in [-0.1, -0.05) is 60.7 Å². The molecule has 0 spiro atoms. The molecule has 2 aliphatic heterocycles. The summed E-state index contributed by atoms with van der Waals surface area (Å²) in [5, 5.41) is 14.0. The van der Waals surface area contributed by atoms with Crippen LogP contribution in [0.15, 0.2) is 60.7 Å². The highest BCUT2D eigenvalue weighted by Crippen LogP contribution is 2.41. The van der Waals surface area contributed by atoms with Crippen molar-refractivity contribution in [3.05, 3.63) is 71.8 Å². The van der Waals surface area contributed by atoms with E-state index in [2.05, 4.69) is 96.7 Å². The van der Waals surface area contributed by atoms with Gasteiger partial charge >= 0.3 is 0 Å². The Bertz CT molecular complexity index is 972. The Kier molecular flexibility index (Phi) is 10.4. The Morgan fingerprint density at radius 2 is 0.974 bits per heavy atom. The van der Waals surface area contributed by atoms with E-state index in [9.17, 15) is 5.11 Å². The Morgan fingerprint density at radius 3 is 1.36 bits per heavy atom. The standard InChI is InChI=1S/C17H27NO2.C17H27NO/c1-16(2)11-8-12-17(3,4)18(16)20-15(13-19)14-9-6-5-7-10-14;1-14(15-10-7-6-8-11-15)19-18-16(2,3)12-9-13-17(18,4)5/h5-7,9-10,15,19H,8,11-13H2,1-4H3;6-8,10-11,14H,9,12-13H2,1-5H3. The lowest BCUT2D eigenvalue weighted by Crippen LogP contribution is -2.58. The number of benzene rings is 2. The van der Waals surface area contributed by atoms with Crippen LogP contribution in [-0.4, -0.2) is 44.0 Å². The molecule has 2 fully saturated rings. The molecule has 218 valence electrons. The fourth-order valence-electron chi connectivity index (χ4n) is 6.46. The van der Waals surface area contributed by atoms with Crippen LogP contribution in [-0.2, 0) is 9.68 Å². The van der Waals surface area contributed by atoms with E-state index in [1.807, 2.05) is 36.4 Å². The van der Waals surface area contributed by atoms with E-state index in [1.165, 1.54) is 31.2 Å². The predicted octanol–water partition coefficient (Wildman–Crippen LogP) is 8.42. The number of hydroxylamine groups is 4. The molecule has 1 N–H and O–H groups in total. The highest BCUT2D eigenvalue weighted by atomic mass is 16.7. The normalized spacial score (nSPS) is 23.7. The highest BCUT2D eigenvalue weighted by Gasteiger charge is 2.44. The van der Waals surface area contributed by atoms with Gasteiger partial charge in [0.2, 0.25) is 0 Å². The van der Waals surface area contributed by atoms with Crippen LogP contribution in [0, 0.1) is 0 Å². The van der Waals surface area contributed by atoms with Gasteiger partial charge in [-0.05, 0) is 112 Å². The third-order valence-corrected chi connectivity index (χ3v) is 8.46. The summed E-state index contributed by atoms with van der Waals surface area (Å²) >= 11 is 0. The first kappa shape index (κ1) is 31.8. The average molecular weight is 539 g/mol. The Labute approximate surface area is 238 Å². The monoisotopic (exact) mass is 538 g/mol. The second-order valence-electron chi connectivity index (χ2n) is 13.9. The molecule has 0 radical (unpaired) electrons. The van der Waals surface area contributed by atoms with Crippen LogP contribution in [0.1, 0.15) is 124 Å². The summed E-state index contributed by atoms with van der Waals surface area (Å²) in [6.45, 7) is 20.1. The summed E-state index contributed by atoms with van der Waals surface area (Å²) in [5.41, 5.74) is 2.44. The lowest BCUT2D eigenvalue weighted by Gasteiger charge is -2.52. The molecule has 2 aromatic rings. The summed E-state index contributed by atoms with van der Waals surface area (Å²) in [4.78, 5) is 12.6. The van der Waals surface area contributed by atoms with E-state index in [-0.39, 0.29) is 41.0 Å². The molecule has 0 amide bonds. The third-order valence-electron chi connectivity index (χ3n) is 8.46. The quantitative estimate of drug-likeness (QED) is 0.383. The van der Waals surface area contributed by atoms with Crippen LogP contribution in [0.3, 0.4) is 0 Å². The first-order chi connectivity index (χ1) is 18.2. The number of hydrogen-bond acceptors (Lipinski definition) is 5. The van der Waals surface area contributed by atoms with Crippen molar-refractivity contribution in [1.82, 2.24) is 10.1 Å². The molecular weight excluding hydrogens is 484 g/mol. The van der Waals surface area contributed by atoms with Gasteiger partial charge in [0, 0.05) is 22.2 Å². The number of piperidine rings is 2. The van der Waals surface area contributed by atoms with E-state index in [4.69, 9.17) is 9.68 Å². The lowest BCUT2D eigenvalue weighted by atomic mass is 9.82. The van der Waals surface area contributed by atoms with E-state index >= 15 is 0 Å². The molecule has 4 rings (SSSR count). The van der Waals surface area contributed by atoms with Gasteiger partial charge in [-0.2, -0.15) is 10.1 Å². The molecule has 5 nitrogen and oxygen atoms in total. The highest BCUT2D eigenvalue weighted by molar-refractivity contribution is 5.18. The SMILES string of the molecule is CC(ON1C(C)(C)CCCC1(C)C)c1ccccc1.CC1(C)CCCC(C)(C)N1OC(CO)c1ccccc1. The number of rotatable bonds is 7. The Hall–Kier alpha value is -1.76. The topological polar surface area (TPSA) is 45.2 Å². The molecule has 0 aromatic heterocycles. The maximum atomic E-state index is 9.70. The maximum Gasteiger partial charge on any atom is 0.127 e. The average Bonchev–Trinajstić information content (AvgIpc) is 2.87. The van der Waals surface area contributed by atoms with Gasteiger partial charge in [-0.25, -0.2) is 0 Å². The molecule has 2 saturated heterocycles. The zero-order chi connectivity index (χ0) is 28.9. The number of nitrogens with zero attached hydrogens (tertiary/aromatic N) is 2. The molecular formula is C34H54N2O3. The smallest absolute Gasteiger partial charge is 0.127 e. The zero-order valence-corrected chi connectivity index (χ0v) is 26.0.